The number of amides is 1. The highest BCUT2D eigenvalue weighted by atomic mass is 16.1. The molecule has 0 aromatic carbocycles. The van der Waals surface area contributed by atoms with Gasteiger partial charge in [-0.15, -0.1) is 0 Å². The zero-order valence-corrected chi connectivity index (χ0v) is 15.2. The average Bonchev–Trinajstić information content (AvgIpc) is 3.11. The number of hydrogen-bond acceptors (Lipinski definition) is 2. The first-order chi connectivity index (χ1) is 11.0. The summed E-state index contributed by atoms with van der Waals surface area (Å²) >= 11 is 0. The van der Waals surface area contributed by atoms with Crippen molar-refractivity contribution in [2.24, 2.45) is 16.3 Å². The molecule has 2 fully saturated rings. The third-order valence-corrected chi connectivity index (χ3v) is 4.96. The fourth-order valence-electron chi connectivity index (χ4n) is 3.62. The van der Waals surface area contributed by atoms with Crippen LogP contribution in [0.4, 0.5) is 0 Å². The minimum Gasteiger partial charge on any atom is -0.357 e. The number of aliphatic imine (C=N–C) groups is 1. The van der Waals surface area contributed by atoms with E-state index in [1.54, 1.807) is 0 Å². The molecule has 1 amide bonds. The van der Waals surface area contributed by atoms with Gasteiger partial charge in [0.05, 0.1) is 6.54 Å². The molecule has 0 aromatic rings. The molecule has 5 nitrogen and oxygen atoms in total. The van der Waals surface area contributed by atoms with Gasteiger partial charge in [-0.25, -0.2) is 0 Å². The van der Waals surface area contributed by atoms with Crippen LogP contribution in [0.1, 0.15) is 59.3 Å². The minimum atomic E-state index is 0.194. The van der Waals surface area contributed by atoms with Gasteiger partial charge < -0.3 is 15.5 Å². The quantitative estimate of drug-likeness (QED) is 0.448. The van der Waals surface area contributed by atoms with Gasteiger partial charge in [0.25, 0.3) is 0 Å². The molecule has 2 N–H and O–H groups in total. The Morgan fingerprint density at radius 2 is 2.00 bits per heavy atom. The molecule has 2 rings (SSSR count). The fourth-order valence-corrected chi connectivity index (χ4v) is 3.62. The van der Waals surface area contributed by atoms with Crippen LogP contribution in [0.15, 0.2) is 4.99 Å². The van der Waals surface area contributed by atoms with Crippen molar-refractivity contribution in [3.63, 3.8) is 0 Å². The summed E-state index contributed by atoms with van der Waals surface area (Å²) in [6.07, 6.45) is 6.93. The Kier molecular flexibility index (Phi) is 6.72. The van der Waals surface area contributed by atoms with Gasteiger partial charge in [-0.05, 0) is 37.5 Å². The van der Waals surface area contributed by atoms with Crippen LogP contribution in [0.3, 0.4) is 0 Å². The summed E-state index contributed by atoms with van der Waals surface area (Å²) < 4.78 is 0. The Bertz CT molecular complexity index is 413. The molecule has 0 aromatic heterocycles. The van der Waals surface area contributed by atoms with E-state index in [0.29, 0.717) is 30.8 Å². The third-order valence-electron chi connectivity index (χ3n) is 4.96. The number of hydrogen-bond donors (Lipinski definition) is 2. The first kappa shape index (κ1) is 18.1. The summed E-state index contributed by atoms with van der Waals surface area (Å²) in [5.41, 5.74) is 0.367. The van der Waals surface area contributed by atoms with Crippen LogP contribution in [-0.2, 0) is 4.79 Å². The van der Waals surface area contributed by atoms with Crippen molar-refractivity contribution in [1.82, 2.24) is 15.5 Å². The summed E-state index contributed by atoms with van der Waals surface area (Å²) in [5, 5.41) is 6.39. The minimum absolute atomic E-state index is 0.194. The van der Waals surface area contributed by atoms with E-state index < -0.39 is 0 Å². The van der Waals surface area contributed by atoms with Gasteiger partial charge in [0.15, 0.2) is 5.96 Å². The Hall–Kier alpha value is -1.26. The SMILES string of the molecule is CCNC(=NCCNC(=O)CC1CCCC1)N1CCC(C)(C)C1. The average molecular weight is 322 g/mol. The zero-order chi connectivity index (χ0) is 16.7. The predicted octanol–water partition coefficient (Wildman–Crippen LogP) is 2.38. The predicted molar refractivity (Wildman–Crippen MR) is 95.5 cm³/mol. The molecule has 0 atom stereocenters. The van der Waals surface area contributed by atoms with Gasteiger partial charge in [-0.2, -0.15) is 0 Å². The number of carbonyl (C=O) groups is 1. The maximum absolute atomic E-state index is 11.9. The number of nitrogens with one attached hydrogen (secondary N) is 2. The molecular formula is C18H34N4O. The lowest BCUT2D eigenvalue weighted by Crippen LogP contribution is -2.41. The monoisotopic (exact) mass is 322 g/mol. The van der Waals surface area contributed by atoms with Crippen molar-refractivity contribution in [3.05, 3.63) is 0 Å². The highest BCUT2D eigenvalue weighted by Crippen LogP contribution is 2.28. The second-order valence-corrected chi connectivity index (χ2v) is 7.78. The molecule has 1 saturated carbocycles. The summed E-state index contributed by atoms with van der Waals surface area (Å²) in [7, 11) is 0. The maximum Gasteiger partial charge on any atom is 0.220 e. The molecular weight excluding hydrogens is 288 g/mol. The Balaban J connectivity index is 1.71. The van der Waals surface area contributed by atoms with E-state index in [1.807, 2.05) is 0 Å². The standard InChI is InChI=1S/C18H34N4O/c1-4-19-17(22-12-9-18(2,3)14-22)21-11-10-20-16(23)13-15-7-5-6-8-15/h15H,4-14H2,1-3H3,(H,19,21)(H,20,23). The van der Waals surface area contributed by atoms with Gasteiger partial charge in [0.2, 0.25) is 5.91 Å². The Morgan fingerprint density at radius 1 is 1.26 bits per heavy atom. The van der Waals surface area contributed by atoms with E-state index in [2.05, 4.69) is 41.3 Å². The summed E-state index contributed by atoms with van der Waals surface area (Å²) in [6, 6.07) is 0. The van der Waals surface area contributed by atoms with Crippen molar-refractivity contribution >= 4 is 11.9 Å². The van der Waals surface area contributed by atoms with Crippen LogP contribution in [0.5, 0.6) is 0 Å². The van der Waals surface area contributed by atoms with Crippen molar-refractivity contribution in [3.8, 4) is 0 Å². The normalized spacial score (nSPS) is 21.7. The number of rotatable bonds is 6. The first-order valence-corrected chi connectivity index (χ1v) is 9.30. The molecule has 23 heavy (non-hydrogen) atoms. The van der Waals surface area contributed by atoms with Crippen molar-refractivity contribution in [1.29, 1.82) is 0 Å². The van der Waals surface area contributed by atoms with Gasteiger partial charge in [0.1, 0.15) is 0 Å². The highest BCUT2D eigenvalue weighted by molar-refractivity contribution is 5.80. The molecule has 1 heterocycles. The summed E-state index contributed by atoms with van der Waals surface area (Å²) in [4.78, 5) is 18.9. The highest BCUT2D eigenvalue weighted by Gasteiger charge is 2.30. The number of guanidine groups is 1. The van der Waals surface area contributed by atoms with Crippen LogP contribution in [0.2, 0.25) is 0 Å². The fraction of sp³-hybridized carbons (Fsp3) is 0.889. The van der Waals surface area contributed by atoms with Crippen molar-refractivity contribution in [2.75, 3.05) is 32.7 Å². The lowest BCUT2D eigenvalue weighted by atomic mass is 9.93. The van der Waals surface area contributed by atoms with Crippen LogP contribution >= 0.6 is 0 Å². The Labute approximate surface area is 141 Å². The van der Waals surface area contributed by atoms with E-state index in [9.17, 15) is 4.79 Å². The van der Waals surface area contributed by atoms with Gasteiger partial charge >= 0.3 is 0 Å². The largest absolute Gasteiger partial charge is 0.357 e. The number of carbonyl (C=O) groups excluding carboxylic acids is 1. The molecule has 132 valence electrons. The van der Waals surface area contributed by atoms with Crippen LogP contribution < -0.4 is 10.6 Å². The van der Waals surface area contributed by atoms with E-state index >= 15 is 0 Å². The lowest BCUT2D eigenvalue weighted by molar-refractivity contribution is -0.121. The van der Waals surface area contributed by atoms with Crippen LogP contribution in [0, 0.1) is 11.3 Å². The topological polar surface area (TPSA) is 56.7 Å². The zero-order valence-electron chi connectivity index (χ0n) is 15.2. The lowest BCUT2D eigenvalue weighted by Gasteiger charge is -2.23. The second-order valence-electron chi connectivity index (χ2n) is 7.78. The van der Waals surface area contributed by atoms with Crippen LogP contribution in [-0.4, -0.2) is 49.5 Å². The van der Waals surface area contributed by atoms with Crippen molar-refractivity contribution in [2.45, 2.75) is 59.3 Å². The third kappa shape index (κ3) is 6.04. The van der Waals surface area contributed by atoms with E-state index in [0.717, 1.165) is 25.6 Å². The Morgan fingerprint density at radius 3 is 2.61 bits per heavy atom. The molecule has 1 aliphatic carbocycles. The molecule has 0 spiro atoms. The van der Waals surface area contributed by atoms with E-state index in [1.165, 1.54) is 32.1 Å². The number of nitrogens with zero attached hydrogens (tertiary/aromatic N) is 2. The molecule has 0 bridgehead atoms. The second kappa shape index (κ2) is 8.55. The smallest absolute Gasteiger partial charge is 0.220 e. The molecule has 2 aliphatic rings. The van der Waals surface area contributed by atoms with E-state index in [4.69, 9.17) is 0 Å². The first-order valence-electron chi connectivity index (χ1n) is 9.30. The molecule has 0 radical (unpaired) electrons. The van der Waals surface area contributed by atoms with Gasteiger partial charge in [0, 0.05) is 32.6 Å². The number of likely N-dealkylation sites (tertiary alicyclic amines) is 1. The van der Waals surface area contributed by atoms with E-state index in [-0.39, 0.29) is 5.91 Å². The summed E-state index contributed by atoms with van der Waals surface area (Å²) in [5.74, 6) is 1.80. The molecule has 1 saturated heterocycles. The van der Waals surface area contributed by atoms with Crippen molar-refractivity contribution < 1.29 is 4.79 Å². The molecule has 0 unspecified atom stereocenters. The maximum atomic E-state index is 11.9. The van der Waals surface area contributed by atoms with Gasteiger partial charge in [-0.3, -0.25) is 9.79 Å². The molecule has 5 heteroatoms. The summed E-state index contributed by atoms with van der Waals surface area (Å²) in [6.45, 7) is 11.0. The van der Waals surface area contributed by atoms with Crippen LogP contribution in [0.25, 0.3) is 0 Å². The molecule has 1 aliphatic heterocycles. The van der Waals surface area contributed by atoms with Gasteiger partial charge in [-0.1, -0.05) is 26.7 Å².